The van der Waals surface area contributed by atoms with Crippen LogP contribution in [0.2, 0.25) is 0 Å². The molecule has 0 bridgehead atoms. The summed E-state index contributed by atoms with van der Waals surface area (Å²) in [4.78, 5) is 0.143. The van der Waals surface area contributed by atoms with E-state index in [1.807, 2.05) is 13.8 Å². The Hall–Kier alpha value is -0.920. The highest BCUT2D eigenvalue weighted by Gasteiger charge is 2.40. The molecular formula is C11H19N3O3S. The van der Waals surface area contributed by atoms with E-state index in [4.69, 9.17) is 5.11 Å². The molecule has 18 heavy (non-hydrogen) atoms. The van der Waals surface area contributed by atoms with Gasteiger partial charge in [-0.05, 0) is 32.6 Å². The molecule has 1 saturated carbocycles. The van der Waals surface area contributed by atoms with Crippen LogP contribution in [0.4, 0.5) is 0 Å². The zero-order chi connectivity index (χ0) is 13.4. The molecule has 0 spiro atoms. The van der Waals surface area contributed by atoms with E-state index in [9.17, 15) is 8.42 Å². The van der Waals surface area contributed by atoms with Crippen LogP contribution >= 0.6 is 0 Å². The van der Waals surface area contributed by atoms with Crippen LogP contribution in [0, 0.1) is 5.92 Å². The van der Waals surface area contributed by atoms with Gasteiger partial charge in [0.1, 0.15) is 4.90 Å². The molecule has 1 aromatic rings. The fourth-order valence-corrected chi connectivity index (χ4v) is 3.43. The molecule has 7 heteroatoms. The molecule has 1 aromatic heterocycles. The van der Waals surface area contributed by atoms with Gasteiger partial charge in [0.15, 0.2) is 0 Å². The van der Waals surface area contributed by atoms with Gasteiger partial charge in [-0.1, -0.05) is 0 Å². The van der Waals surface area contributed by atoms with Crippen molar-refractivity contribution in [1.29, 1.82) is 0 Å². The van der Waals surface area contributed by atoms with Crippen LogP contribution < -0.4 is 4.72 Å². The first-order valence-electron chi connectivity index (χ1n) is 6.02. The molecule has 1 aliphatic rings. The third-order valence-electron chi connectivity index (χ3n) is 3.24. The molecule has 6 nitrogen and oxygen atoms in total. The van der Waals surface area contributed by atoms with Gasteiger partial charge in [-0.3, -0.25) is 4.68 Å². The van der Waals surface area contributed by atoms with Gasteiger partial charge in [0, 0.05) is 11.7 Å². The van der Waals surface area contributed by atoms with Gasteiger partial charge in [0.2, 0.25) is 10.0 Å². The van der Waals surface area contributed by atoms with Gasteiger partial charge < -0.3 is 5.11 Å². The molecule has 2 rings (SSSR count). The average molecular weight is 273 g/mol. The van der Waals surface area contributed by atoms with E-state index in [1.165, 1.54) is 17.1 Å². The second-order valence-electron chi connectivity index (χ2n) is 5.26. The first kappa shape index (κ1) is 13.5. The number of rotatable bonds is 6. The number of aromatic nitrogens is 2. The molecule has 1 aliphatic carbocycles. The lowest BCUT2D eigenvalue weighted by atomic mass is 10.0. The molecule has 1 heterocycles. The minimum absolute atomic E-state index is 0.0673. The lowest BCUT2D eigenvalue weighted by Gasteiger charge is -2.25. The number of hydrogen-bond acceptors (Lipinski definition) is 4. The first-order valence-corrected chi connectivity index (χ1v) is 7.51. The fraction of sp³-hybridized carbons (Fsp3) is 0.727. The third kappa shape index (κ3) is 2.90. The summed E-state index contributed by atoms with van der Waals surface area (Å²) >= 11 is 0. The number of hydrogen-bond donors (Lipinski definition) is 2. The van der Waals surface area contributed by atoms with Crippen molar-refractivity contribution >= 4 is 10.0 Å². The maximum Gasteiger partial charge on any atom is 0.244 e. The van der Waals surface area contributed by atoms with Gasteiger partial charge in [-0.15, -0.1) is 0 Å². The smallest absolute Gasteiger partial charge is 0.244 e. The second kappa shape index (κ2) is 4.64. The Kier molecular flexibility index (Phi) is 3.48. The number of aliphatic hydroxyl groups is 1. The highest BCUT2D eigenvalue weighted by molar-refractivity contribution is 7.89. The molecule has 0 unspecified atom stereocenters. The van der Waals surface area contributed by atoms with Gasteiger partial charge in [0.05, 0.1) is 19.3 Å². The Morgan fingerprint density at radius 1 is 1.56 bits per heavy atom. The van der Waals surface area contributed by atoms with Crippen molar-refractivity contribution in [1.82, 2.24) is 14.5 Å². The van der Waals surface area contributed by atoms with Crippen LogP contribution in [0.3, 0.4) is 0 Å². The number of nitrogens with one attached hydrogen (secondary N) is 1. The molecule has 0 aromatic carbocycles. The molecule has 0 aliphatic heterocycles. The van der Waals surface area contributed by atoms with Gasteiger partial charge in [-0.2, -0.15) is 5.10 Å². The number of nitrogens with zero attached hydrogens (tertiary/aromatic N) is 2. The molecule has 0 saturated heterocycles. The predicted molar refractivity (Wildman–Crippen MR) is 66.4 cm³/mol. The molecule has 2 N–H and O–H groups in total. The second-order valence-corrected chi connectivity index (χ2v) is 6.95. The normalized spacial score (nSPS) is 17.1. The summed E-state index contributed by atoms with van der Waals surface area (Å²) in [6.45, 7) is 4.03. The van der Waals surface area contributed by atoms with E-state index in [2.05, 4.69) is 9.82 Å². The van der Waals surface area contributed by atoms with Crippen molar-refractivity contribution in [3.05, 3.63) is 12.4 Å². The number of aliphatic hydroxyl groups excluding tert-OH is 1. The van der Waals surface area contributed by atoms with E-state index >= 15 is 0 Å². The molecule has 102 valence electrons. The lowest BCUT2D eigenvalue weighted by molar-refractivity contribution is 0.269. The van der Waals surface area contributed by atoms with Gasteiger partial charge in [0.25, 0.3) is 0 Å². The Bertz CT molecular complexity index is 517. The minimum atomic E-state index is -3.54. The van der Waals surface area contributed by atoms with Crippen LogP contribution in [-0.4, -0.2) is 35.5 Å². The standard InChI is InChI=1S/C11H19N3O3S/c1-11(2,9-3-4-9)13-18(16,17)10-7-12-14(8-10)5-6-15/h7-9,13,15H,3-6H2,1-2H3. The van der Waals surface area contributed by atoms with Crippen molar-refractivity contribution in [3.63, 3.8) is 0 Å². The third-order valence-corrected chi connectivity index (χ3v) is 4.87. The largest absolute Gasteiger partial charge is 0.394 e. The summed E-state index contributed by atoms with van der Waals surface area (Å²) < 4.78 is 28.5. The highest BCUT2D eigenvalue weighted by Crippen LogP contribution is 2.39. The van der Waals surface area contributed by atoms with Crippen LogP contribution in [0.25, 0.3) is 0 Å². The Labute approximate surface area is 107 Å². The Morgan fingerprint density at radius 2 is 2.22 bits per heavy atom. The van der Waals surface area contributed by atoms with E-state index < -0.39 is 15.6 Å². The maximum absolute atomic E-state index is 12.2. The summed E-state index contributed by atoms with van der Waals surface area (Å²) in [6.07, 6.45) is 4.88. The van der Waals surface area contributed by atoms with Crippen LogP contribution in [-0.2, 0) is 16.6 Å². The average Bonchev–Trinajstić information content (AvgIpc) is 2.99. The Balaban J connectivity index is 2.14. The van der Waals surface area contributed by atoms with Crippen molar-refractivity contribution in [2.45, 2.75) is 43.7 Å². The van der Waals surface area contributed by atoms with Crippen LogP contribution in [0.1, 0.15) is 26.7 Å². The van der Waals surface area contributed by atoms with Crippen molar-refractivity contribution < 1.29 is 13.5 Å². The highest BCUT2D eigenvalue weighted by atomic mass is 32.2. The van der Waals surface area contributed by atoms with E-state index in [-0.39, 0.29) is 11.5 Å². The van der Waals surface area contributed by atoms with Gasteiger partial charge >= 0.3 is 0 Å². The topological polar surface area (TPSA) is 84.2 Å². The van der Waals surface area contributed by atoms with Crippen LogP contribution in [0.5, 0.6) is 0 Å². The van der Waals surface area contributed by atoms with Crippen molar-refractivity contribution in [3.8, 4) is 0 Å². The summed E-state index contributed by atoms with van der Waals surface area (Å²) in [6, 6.07) is 0. The SMILES string of the molecule is CC(C)(NS(=O)(=O)c1cnn(CCO)c1)C1CC1. The lowest BCUT2D eigenvalue weighted by Crippen LogP contribution is -2.44. The summed E-state index contributed by atoms with van der Waals surface area (Å²) in [5, 5.41) is 12.7. The quantitative estimate of drug-likeness (QED) is 0.783. The van der Waals surface area contributed by atoms with E-state index in [1.54, 1.807) is 0 Å². The van der Waals surface area contributed by atoms with Crippen LogP contribution in [0.15, 0.2) is 17.3 Å². The predicted octanol–water partition coefficient (Wildman–Crippen LogP) is 0.342. The van der Waals surface area contributed by atoms with E-state index in [0.717, 1.165) is 12.8 Å². The Morgan fingerprint density at radius 3 is 2.78 bits per heavy atom. The van der Waals surface area contributed by atoms with Gasteiger partial charge in [-0.25, -0.2) is 13.1 Å². The molecule has 0 amide bonds. The van der Waals surface area contributed by atoms with Crippen molar-refractivity contribution in [2.24, 2.45) is 5.92 Å². The molecule has 0 radical (unpaired) electrons. The first-order chi connectivity index (χ1) is 8.35. The monoisotopic (exact) mass is 273 g/mol. The zero-order valence-corrected chi connectivity index (χ0v) is 11.4. The minimum Gasteiger partial charge on any atom is -0.394 e. The fourth-order valence-electron chi connectivity index (χ4n) is 2.00. The summed E-state index contributed by atoms with van der Waals surface area (Å²) in [7, 11) is -3.54. The maximum atomic E-state index is 12.2. The molecule has 0 atom stereocenters. The van der Waals surface area contributed by atoms with Crippen molar-refractivity contribution in [2.75, 3.05) is 6.61 Å². The number of sulfonamides is 1. The van der Waals surface area contributed by atoms with E-state index in [0.29, 0.717) is 12.5 Å². The summed E-state index contributed by atoms with van der Waals surface area (Å²) in [5.41, 5.74) is -0.419. The zero-order valence-electron chi connectivity index (χ0n) is 10.6. The molecular weight excluding hydrogens is 254 g/mol. The summed E-state index contributed by atoms with van der Waals surface area (Å²) in [5.74, 6) is 0.416. The molecule has 1 fully saturated rings.